The largest absolute Gasteiger partial charge is 0.425 e. The molecule has 128 valence electrons. The van der Waals surface area contributed by atoms with Crippen molar-refractivity contribution in [3.05, 3.63) is 47.2 Å². The van der Waals surface area contributed by atoms with E-state index < -0.39 is 17.5 Å². The molecule has 24 heavy (non-hydrogen) atoms. The molecule has 1 amide bonds. The predicted molar refractivity (Wildman–Crippen MR) is 82.6 cm³/mol. The Kier molecular flexibility index (Phi) is 4.59. The molecule has 0 bridgehead atoms. The summed E-state index contributed by atoms with van der Waals surface area (Å²) in [5.41, 5.74) is -0.102. The van der Waals surface area contributed by atoms with Crippen molar-refractivity contribution in [3.8, 4) is 0 Å². The van der Waals surface area contributed by atoms with Gasteiger partial charge in [0.25, 0.3) is 5.91 Å². The Morgan fingerprint density at radius 3 is 2.54 bits per heavy atom. The monoisotopic (exact) mass is 335 g/mol. The van der Waals surface area contributed by atoms with Gasteiger partial charge < -0.3 is 9.32 Å². The van der Waals surface area contributed by atoms with Crippen molar-refractivity contribution in [2.45, 2.75) is 38.5 Å². The molecule has 0 radical (unpaired) electrons. The topological polar surface area (TPSA) is 59.2 Å². The van der Waals surface area contributed by atoms with Crippen LogP contribution in [0.15, 0.2) is 22.6 Å². The van der Waals surface area contributed by atoms with Crippen molar-refractivity contribution in [1.82, 2.24) is 15.1 Å². The Bertz CT molecular complexity index is 737. The van der Waals surface area contributed by atoms with Gasteiger partial charge in [-0.2, -0.15) is 0 Å². The zero-order valence-electron chi connectivity index (χ0n) is 13.6. The maximum Gasteiger partial charge on any atom is 0.256 e. The normalized spacial score (nSPS) is 16.0. The zero-order valence-corrected chi connectivity index (χ0v) is 13.6. The first-order valence-electron chi connectivity index (χ1n) is 8.03. The van der Waals surface area contributed by atoms with Gasteiger partial charge in [0.2, 0.25) is 11.8 Å². The molecule has 1 aliphatic heterocycles. The second-order valence-corrected chi connectivity index (χ2v) is 6.32. The SMILES string of the molecule is CC(C)c1nnc(C2CCN(C(=O)c3ccc(F)cc3F)CC2)o1. The molecule has 0 atom stereocenters. The van der Waals surface area contributed by atoms with Gasteiger partial charge in [-0.1, -0.05) is 13.8 Å². The van der Waals surface area contributed by atoms with E-state index in [9.17, 15) is 13.6 Å². The molecular formula is C17H19F2N3O2. The highest BCUT2D eigenvalue weighted by Gasteiger charge is 2.29. The van der Waals surface area contributed by atoms with Gasteiger partial charge in [0, 0.05) is 31.0 Å². The molecule has 2 heterocycles. The van der Waals surface area contributed by atoms with Crippen LogP contribution in [0.2, 0.25) is 0 Å². The number of benzene rings is 1. The average Bonchev–Trinajstić information content (AvgIpc) is 3.05. The molecular weight excluding hydrogens is 316 g/mol. The maximum atomic E-state index is 13.8. The fraction of sp³-hybridized carbons (Fsp3) is 0.471. The zero-order chi connectivity index (χ0) is 17.3. The first-order valence-corrected chi connectivity index (χ1v) is 8.03. The molecule has 0 saturated carbocycles. The van der Waals surface area contributed by atoms with Gasteiger partial charge in [-0.05, 0) is 25.0 Å². The minimum Gasteiger partial charge on any atom is -0.425 e. The van der Waals surface area contributed by atoms with Crippen LogP contribution >= 0.6 is 0 Å². The molecule has 1 aromatic heterocycles. The van der Waals surface area contributed by atoms with E-state index in [2.05, 4.69) is 10.2 Å². The molecule has 3 rings (SSSR count). The van der Waals surface area contributed by atoms with E-state index in [4.69, 9.17) is 4.42 Å². The number of aromatic nitrogens is 2. The van der Waals surface area contributed by atoms with Crippen LogP contribution in [0, 0.1) is 11.6 Å². The van der Waals surface area contributed by atoms with Crippen molar-refractivity contribution in [2.24, 2.45) is 0 Å². The van der Waals surface area contributed by atoms with E-state index in [0.29, 0.717) is 37.7 Å². The summed E-state index contributed by atoms with van der Waals surface area (Å²) in [7, 11) is 0. The Morgan fingerprint density at radius 2 is 1.96 bits per heavy atom. The van der Waals surface area contributed by atoms with Crippen LogP contribution in [-0.2, 0) is 0 Å². The van der Waals surface area contributed by atoms with Crippen LogP contribution in [0.4, 0.5) is 8.78 Å². The summed E-state index contributed by atoms with van der Waals surface area (Å²) in [6, 6.07) is 3.01. The average molecular weight is 335 g/mol. The van der Waals surface area contributed by atoms with Gasteiger partial charge in [-0.15, -0.1) is 10.2 Å². The third-order valence-electron chi connectivity index (χ3n) is 4.24. The number of carbonyl (C=O) groups excluding carboxylic acids is 1. The van der Waals surface area contributed by atoms with Gasteiger partial charge in [-0.25, -0.2) is 8.78 Å². The van der Waals surface area contributed by atoms with Gasteiger partial charge in [0.05, 0.1) is 5.56 Å². The van der Waals surface area contributed by atoms with E-state index in [0.717, 1.165) is 12.1 Å². The standard InChI is InChI=1S/C17H19F2N3O2/c1-10(2)15-20-21-16(24-15)11-5-7-22(8-6-11)17(23)13-4-3-12(18)9-14(13)19/h3-4,9-11H,5-8H2,1-2H3. The number of amides is 1. The van der Waals surface area contributed by atoms with Gasteiger partial charge in [0.1, 0.15) is 11.6 Å². The second-order valence-electron chi connectivity index (χ2n) is 6.32. The Morgan fingerprint density at radius 1 is 1.25 bits per heavy atom. The van der Waals surface area contributed by atoms with Crippen LogP contribution in [0.5, 0.6) is 0 Å². The van der Waals surface area contributed by atoms with E-state index in [-0.39, 0.29) is 17.4 Å². The molecule has 1 aliphatic rings. The first kappa shape index (κ1) is 16.5. The molecule has 0 spiro atoms. The molecule has 7 heteroatoms. The molecule has 5 nitrogen and oxygen atoms in total. The summed E-state index contributed by atoms with van der Waals surface area (Å²) < 4.78 is 32.4. The van der Waals surface area contributed by atoms with Crippen LogP contribution in [-0.4, -0.2) is 34.1 Å². The van der Waals surface area contributed by atoms with Crippen LogP contribution < -0.4 is 0 Å². The van der Waals surface area contributed by atoms with Crippen molar-refractivity contribution >= 4 is 5.91 Å². The number of carbonyl (C=O) groups is 1. The van der Waals surface area contributed by atoms with Gasteiger partial charge in [-0.3, -0.25) is 4.79 Å². The number of nitrogens with zero attached hydrogens (tertiary/aromatic N) is 3. The third kappa shape index (κ3) is 3.29. The fourth-order valence-electron chi connectivity index (χ4n) is 2.81. The Hall–Kier alpha value is -2.31. The summed E-state index contributed by atoms with van der Waals surface area (Å²) in [6.07, 6.45) is 1.35. The molecule has 1 aromatic carbocycles. The van der Waals surface area contributed by atoms with Crippen molar-refractivity contribution in [2.75, 3.05) is 13.1 Å². The summed E-state index contributed by atoms with van der Waals surface area (Å²) in [4.78, 5) is 14.0. The van der Waals surface area contributed by atoms with E-state index >= 15 is 0 Å². The number of halogens is 2. The molecule has 0 aliphatic carbocycles. The molecule has 0 unspecified atom stereocenters. The molecule has 1 saturated heterocycles. The smallest absolute Gasteiger partial charge is 0.256 e. The lowest BCUT2D eigenvalue weighted by Crippen LogP contribution is -2.38. The maximum absolute atomic E-state index is 13.8. The summed E-state index contributed by atoms with van der Waals surface area (Å²) in [5.74, 6) is -0.461. The molecule has 0 N–H and O–H groups in total. The van der Waals surface area contributed by atoms with E-state index in [1.165, 1.54) is 6.07 Å². The first-order chi connectivity index (χ1) is 11.5. The second kappa shape index (κ2) is 6.67. The number of likely N-dealkylation sites (tertiary alicyclic amines) is 1. The van der Waals surface area contributed by atoms with Gasteiger partial charge in [0.15, 0.2) is 0 Å². The predicted octanol–water partition coefficient (Wildman–Crippen LogP) is 3.49. The summed E-state index contributed by atoms with van der Waals surface area (Å²) in [6.45, 7) is 4.91. The van der Waals surface area contributed by atoms with Crippen molar-refractivity contribution in [3.63, 3.8) is 0 Å². The highest BCUT2D eigenvalue weighted by atomic mass is 19.1. The third-order valence-corrected chi connectivity index (χ3v) is 4.24. The number of hydrogen-bond acceptors (Lipinski definition) is 4. The minimum absolute atomic E-state index is 0.102. The lowest BCUT2D eigenvalue weighted by atomic mass is 9.96. The minimum atomic E-state index is -0.833. The fourth-order valence-corrected chi connectivity index (χ4v) is 2.81. The highest BCUT2D eigenvalue weighted by Crippen LogP contribution is 2.29. The number of piperidine rings is 1. The lowest BCUT2D eigenvalue weighted by Gasteiger charge is -2.30. The van der Waals surface area contributed by atoms with Crippen molar-refractivity contribution in [1.29, 1.82) is 0 Å². The van der Waals surface area contributed by atoms with Gasteiger partial charge >= 0.3 is 0 Å². The summed E-state index contributed by atoms with van der Waals surface area (Å²) >= 11 is 0. The molecule has 1 fully saturated rings. The highest BCUT2D eigenvalue weighted by molar-refractivity contribution is 5.94. The van der Waals surface area contributed by atoms with Crippen LogP contribution in [0.1, 0.15) is 60.7 Å². The van der Waals surface area contributed by atoms with E-state index in [1.54, 1.807) is 4.90 Å². The quantitative estimate of drug-likeness (QED) is 0.861. The Labute approximate surface area is 138 Å². The van der Waals surface area contributed by atoms with Crippen LogP contribution in [0.3, 0.4) is 0 Å². The van der Waals surface area contributed by atoms with Crippen LogP contribution in [0.25, 0.3) is 0 Å². The van der Waals surface area contributed by atoms with E-state index in [1.807, 2.05) is 13.8 Å². The number of rotatable bonds is 3. The Balaban J connectivity index is 1.64. The lowest BCUT2D eigenvalue weighted by molar-refractivity contribution is 0.0701. The van der Waals surface area contributed by atoms with Crippen molar-refractivity contribution < 1.29 is 18.0 Å². The summed E-state index contributed by atoms with van der Waals surface area (Å²) in [5, 5.41) is 8.12. The molecule has 2 aromatic rings. The number of hydrogen-bond donors (Lipinski definition) is 0.